The van der Waals surface area contributed by atoms with Crippen molar-refractivity contribution in [2.45, 2.75) is 33.4 Å². The molecule has 0 spiro atoms. The smallest absolute Gasteiger partial charge is 0.269 e. The normalized spacial score (nSPS) is 11.6. The Balaban J connectivity index is 1.52. The Morgan fingerprint density at radius 3 is 2.37 bits per heavy atom. The molecular formula is C22H24BrN5OS. The first-order chi connectivity index (χ1) is 14.3. The third kappa shape index (κ3) is 5.46. The van der Waals surface area contributed by atoms with Crippen LogP contribution in [0.1, 0.15) is 45.8 Å². The molecular weight excluding hydrogens is 462 g/mol. The minimum absolute atomic E-state index is 0.0248. The van der Waals surface area contributed by atoms with E-state index in [0.29, 0.717) is 17.2 Å². The van der Waals surface area contributed by atoms with E-state index in [1.54, 1.807) is 12.1 Å². The molecule has 0 unspecified atom stereocenters. The quantitative estimate of drug-likeness (QED) is 0.373. The van der Waals surface area contributed by atoms with Gasteiger partial charge in [0.05, 0.1) is 28.4 Å². The predicted octanol–water partition coefficient (Wildman–Crippen LogP) is 4.18. The molecule has 0 aliphatic heterocycles. The van der Waals surface area contributed by atoms with Crippen molar-refractivity contribution in [3.63, 3.8) is 0 Å². The van der Waals surface area contributed by atoms with Crippen LogP contribution in [0.25, 0.3) is 0 Å². The molecule has 2 aromatic carbocycles. The maximum absolute atomic E-state index is 12.4. The number of halogens is 1. The Labute approximate surface area is 190 Å². The van der Waals surface area contributed by atoms with E-state index in [0.717, 1.165) is 27.0 Å². The Morgan fingerprint density at radius 1 is 1.10 bits per heavy atom. The minimum atomic E-state index is -0.257. The molecule has 6 nitrogen and oxygen atoms in total. The summed E-state index contributed by atoms with van der Waals surface area (Å²) in [6, 6.07) is 17.4. The van der Waals surface area contributed by atoms with Crippen molar-refractivity contribution in [3.05, 3.63) is 87.1 Å². The van der Waals surface area contributed by atoms with Crippen LogP contribution in [-0.2, 0) is 6.54 Å². The first-order valence-corrected chi connectivity index (χ1v) is 10.8. The SMILES string of the molecule is Cc1nn(Cc2ccc(C(=O)NNC(=S)N[C@@H](C)c3ccccc3)cc2)c(C)c1Br. The van der Waals surface area contributed by atoms with Crippen molar-refractivity contribution in [1.29, 1.82) is 0 Å². The number of rotatable bonds is 5. The summed E-state index contributed by atoms with van der Waals surface area (Å²) in [7, 11) is 0. The number of hydrogen-bond acceptors (Lipinski definition) is 3. The van der Waals surface area contributed by atoms with Crippen molar-refractivity contribution in [1.82, 2.24) is 25.9 Å². The Bertz CT molecular complexity index is 1030. The lowest BCUT2D eigenvalue weighted by Crippen LogP contribution is -2.47. The first-order valence-electron chi connectivity index (χ1n) is 9.55. The van der Waals surface area contributed by atoms with Crippen LogP contribution in [0.3, 0.4) is 0 Å². The summed E-state index contributed by atoms with van der Waals surface area (Å²) < 4.78 is 2.96. The molecule has 1 heterocycles. The van der Waals surface area contributed by atoms with Gasteiger partial charge in [0.25, 0.3) is 5.91 Å². The number of nitrogens with zero attached hydrogens (tertiary/aromatic N) is 2. The number of thiocarbonyl (C=S) groups is 1. The van der Waals surface area contributed by atoms with Crippen molar-refractivity contribution < 1.29 is 4.79 Å². The van der Waals surface area contributed by atoms with Crippen LogP contribution in [0.2, 0.25) is 0 Å². The Hall–Kier alpha value is -2.71. The molecule has 3 rings (SSSR count). The van der Waals surface area contributed by atoms with Crippen LogP contribution in [0.4, 0.5) is 0 Å². The van der Waals surface area contributed by atoms with Crippen LogP contribution in [0.5, 0.6) is 0 Å². The van der Waals surface area contributed by atoms with E-state index in [-0.39, 0.29) is 11.9 Å². The fraction of sp³-hybridized carbons (Fsp3) is 0.227. The van der Waals surface area contributed by atoms with E-state index >= 15 is 0 Å². The highest BCUT2D eigenvalue weighted by atomic mass is 79.9. The fourth-order valence-corrected chi connectivity index (χ4v) is 3.52. The maximum Gasteiger partial charge on any atom is 0.269 e. The third-order valence-electron chi connectivity index (χ3n) is 4.78. The number of hydrogen-bond donors (Lipinski definition) is 3. The van der Waals surface area contributed by atoms with Gasteiger partial charge in [-0.1, -0.05) is 42.5 Å². The van der Waals surface area contributed by atoms with Gasteiger partial charge in [-0.2, -0.15) is 5.10 Å². The molecule has 0 saturated heterocycles. The molecule has 0 aliphatic carbocycles. The van der Waals surface area contributed by atoms with Gasteiger partial charge in [-0.05, 0) is 72.2 Å². The standard InChI is InChI=1S/C22H24BrN5OS/c1-14(18-7-5-4-6-8-18)24-22(30)26-25-21(29)19-11-9-17(10-12-19)13-28-16(3)20(23)15(2)27-28/h4-12,14H,13H2,1-3H3,(H,25,29)(H2,24,26,30)/t14-/m0/s1. The lowest BCUT2D eigenvalue weighted by molar-refractivity contribution is 0.0943. The minimum Gasteiger partial charge on any atom is -0.355 e. The molecule has 0 saturated carbocycles. The van der Waals surface area contributed by atoms with Crippen LogP contribution in [0, 0.1) is 13.8 Å². The Morgan fingerprint density at radius 2 is 1.77 bits per heavy atom. The van der Waals surface area contributed by atoms with Crippen LogP contribution < -0.4 is 16.2 Å². The summed E-state index contributed by atoms with van der Waals surface area (Å²) in [5.74, 6) is -0.257. The average molecular weight is 486 g/mol. The molecule has 1 aromatic heterocycles. The van der Waals surface area contributed by atoms with Gasteiger partial charge in [-0.3, -0.25) is 20.3 Å². The van der Waals surface area contributed by atoms with E-state index in [2.05, 4.69) is 37.2 Å². The maximum atomic E-state index is 12.4. The van der Waals surface area contributed by atoms with E-state index in [1.807, 2.05) is 67.9 Å². The zero-order valence-corrected chi connectivity index (χ0v) is 19.5. The lowest BCUT2D eigenvalue weighted by atomic mass is 10.1. The highest BCUT2D eigenvalue weighted by Crippen LogP contribution is 2.20. The number of aryl methyl sites for hydroxylation is 1. The van der Waals surface area contributed by atoms with Gasteiger partial charge in [0.1, 0.15) is 0 Å². The molecule has 3 N–H and O–H groups in total. The predicted molar refractivity (Wildman–Crippen MR) is 126 cm³/mol. The number of nitrogens with one attached hydrogen (secondary N) is 3. The summed E-state index contributed by atoms with van der Waals surface area (Å²) >= 11 is 8.81. The molecule has 0 bridgehead atoms. The number of hydrazine groups is 1. The van der Waals surface area contributed by atoms with Gasteiger partial charge < -0.3 is 5.32 Å². The monoisotopic (exact) mass is 485 g/mol. The molecule has 0 aliphatic rings. The van der Waals surface area contributed by atoms with E-state index in [4.69, 9.17) is 12.2 Å². The van der Waals surface area contributed by atoms with E-state index in [9.17, 15) is 4.79 Å². The van der Waals surface area contributed by atoms with Crippen molar-refractivity contribution >= 4 is 39.2 Å². The van der Waals surface area contributed by atoms with E-state index in [1.165, 1.54) is 0 Å². The molecule has 3 aromatic rings. The second-order valence-corrected chi connectivity index (χ2v) is 8.23. The summed E-state index contributed by atoms with van der Waals surface area (Å²) in [6.07, 6.45) is 0. The summed E-state index contributed by atoms with van der Waals surface area (Å²) in [6.45, 7) is 6.63. The van der Waals surface area contributed by atoms with Crippen molar-refractivity contribution in [2.24, 2.45) is 0 Å². The largest absolute Gasteiger partial charge is 0.355 e. The molecule has 30 heavy (non-hydrogen) atoms. The van der Waals surface area contributed by atoms with Gasteiger partial charge >= 0.3 is 0 Å². The second-order valence-electron chi connectivity index (χ2n) is 7.02. The zero-order chi connectivity index (χ0) is 21.7. The van der Waals surface area contributed by atoms with Gasteiger partial charge in [-0.25, -0.2) is 0 Å². The molecule has 8 heteroatoms. The van der Waals surface area contributed by atoms with Crippen molar-refractivity contribution in [3.8, 4) is 0 Å². The molecule has 1 atom stereocenters. The molecule has 156 valence electrons. The number of carbonyl (C=O) groups is 1. The molecule has 1 amide bonds. The fourth-order valence-electron chi connectivity index (χ4n) is 3.01. The summed E-state index contributed by atoms with van der Waals surface area (Å²) in [5.41, 5.74) is 10.1. The summed E-state index contributed by atoms with van der Waals surface area (Å²) in [4.78, 5) is 12.4. The van der Waals surface area contributed by atoms with Gasteiger partial charge in [-0.15, -0.1) is 0 Å². The van der Waals surface area contributed by atoms with Crippen LogP contribution >= 0.6 is 28.1 Å². The lowest BCUT2D eigenvalue weighted by Gasteiger charge is -2.17. The summed E-state index contributed by atoms with van der Waals surface area (Å²) in [5, 5.41) is 8.01. The highest BCUT2D eigenvalue weighted by Gasteiger charge is 2.11. The third-order valence-corrected chi connectivity index (χ3v) is 6.15. The number of aromatic nitrogens is 2. The second kappa shape index (κ2) is 9.86. The average Bonchev–Trinajstić information content (AvgIpc) is 2.99. The molecule has 0 fully saturated rings. The number of benzene rings is 2. The van der Waals surface area contributed by atoms with Crippen LogP contribution in [0.15, 0.2) is 59.1 Å². The highest BCUT2D eigenvalue weighted by molar-refractivity contribution is 9.10. The zero-order valence-electron chi connectivity index (χ0n) is 17.1. The van der Waals surface area contributed by atoms with Gasteiger partial charge in [0, 0.05) is 5.56 Å². The van der Waals surface area contributed by atoms with Gasteiger partial charge in [0.15, 0.2) is 5.11 Å². The van der Waals surface area contributed by atoms with Crippen LogP contribution in [-0.4, -0.2) is 20.8 Å². The first kappa shape index (κ1) is 22.0. The van der Waals surface area contributed by atoms with Gasteiger partial charge in [0.2, 0.25) is 0 Å². The number of carbonyl (C=O) groups excluding carboxylic acids is 1. The van der Waals surface area contributed by atoms with E-state index < -0.39 is 0 Å². The van der Waals surface area contributed by atoms with Crippen molar-refractivity contribution in [2.75, 3.05) is 0 Å². The number of amides is 1. The molecule has 0 radical (unpaired) electrons. The topological polar surface area (TPSA) is 71.0 Å². The Kier molecular flexibility index (Phi) is 7.23.